The number of ether oxygens (including phenoxy) is 1. The Balaban J connectivity index is 2.39. The molecule has 0 aliphatic heterocycles. The smallest absolute Gasteiger partial charge is 0.341 e. The predicted octanol–water partition coefficient (Wildman–Crippen LogP) is 3.51. The molecule has 1 amide bonds. The van der Waals surface area contributed by atoms with E-state index in [1.165, 1.54) is 22.7 Å². The van der Waals surface area contributed by atoms with Gasteiger partial charge in [-0.1, -0.05) is 6.07 Å². The normalized spacial score (nSPS) is 9.90. The van der Waals surface area contributed by atoms with Crippen LogP contribution >= 0.6 is 22.7 Å². The molecule has 0 spiro atoms. The van der Waals surface area contributed by atoms with Crippen LogP contribution in [-0.4, -0.2) is 18.5 Å². The summed E-state index contributed by atoms with van der Waals surface area (Å²) in [4.78, 5) is 24.6. The fraction of sp³-hybridized carbons (Fsp3) is 0.214. The predicted molar refractivity (Wildman–Crippen MR) is 82.4 cm³/mol. The number of thiophene rings is 2. The molecule has 0 unspecified atom stereocenters. The number of esters is 1. The lowest BCUT2D eigenvalue weighted by atomic mass is 10.1. The van der Waals surface area contributed by atoms with Gasteiger partial charge in [-0.25, -0.2) is 4.79 Å². The van der Waals surface area contributed by atoms with E-state index in [0.29, 0.717) is 10.6 Å². The van der Waals surface area contributed by atoms with Crippen LogP contribution in [-0.2, 0) is 9.53 Å². The van der Waals surface area contributed by atoms with Crippen molar-refractivity contribution in [2.24, 2.45) is 0 Å². The van der Waals surface area contributed by atoms with Crippen LogP contribution in [0.25, 0.3) is 10.4 Å². The lowest BCUT2D eigenvalue weighted by Crippen LogP contribution is -2.13. The topological polar surface area (TPSA) is 79.2 Å². The van der Waals surface area contributed by atoms with E-state index in [2.05, 4.69) is 5.32 Å². The second-order valence-corrected chi connectivity index (χ2v) is 5.76. The van der Waals surface area contributed by atoms with Gasteiger partial charge in [-0.2, -0.15) is 5.26 Å². The van der Waals surface area contributed by atoms with Gasteiger partial charge in [-0.3, -0.25) is 4.79 Å². The van der Waals surface area contributed by atoms with Crippen molar-refractivity contribution < 1.29 is 14.3 Å². The largest absolute Gasteiger partial charge is 0.462 e. The van der Waals surface area contributed by atoms with Gasteiger partial charge >= 0.3 is 5.97 Å². The molecule has 0 aliphatic rings. The maximum absolute atomic E-state index is 12.2. The number of rotatable bonds is 5. The van der Waals surface area contributed by atoms with Gasteiger partial charge in [-0.05, 0) is 18.4 Å². The summed E-state index contributed by atoms with van der Waals surface area (Å²) in [5, 5.41) is 15.3. The number of hydrogen-bond acceptors (Lipinski definition) is 6. The Morgan fingerprint density at radius 3 is 2.86 bits per heavy atom. The van der Waals surface area contributed by atoms with Crippen LogP contribution in [0.2, 0.25) is 0 Å². The van der Waals surface area contributed by atoms with Gasteiger partial charge in [0.2, 0.25) is 5.91 Å². The molecule has 0 saturated carbocycles. The monoisotopic (exact) mass is 320 g/mol. The first kappa shape index (κ1) is 15.2. The minimum absolute atomic E-state index is 0.254. The molecule has 5 nitrogen and oxygen atoms in total. The lowest BCUT2D eigenvalue weighted by Gasteiger charge is -2.06. The second-order valence-electron chi connectivity index (χ2n) is 3.93. The van der Waals surface area contributed by atoms with E-state index in [0.717, 1.165) is 10.4 Å². The number of nitriles is 1. The molecule has 0 aromatic carbocycles. The van der Waals surface area contributed by atoms with Crippen molar-refractivity contribution in [3.63, 3.8) is 0 Å². The minimum Gasteiger partial charge on any atom is -0.462 e. The number of carbonyl (C=O) groups is 2. The minimum atomic E-state index is -0.477. The average Bonchev–Trinajstić information content (AvgIpc) is 3.07. The highest BCUT2D eigenvalue weighted by Crippen LogP contribution is 2.38. The zero-order chi connectivity index (χ0) is 15.2. The summed E-state index contributed by atoms with van der Waals surface area (Å²) in [6, 6.07) is 5.56. The number of hydrogen-bond donors (Lipinski definition) is 1. The van der Waals surface area contributed by atoms with Crippen molar-refractivity contribution in [1.29, 1.82) is 5.26 Å². The Kier molecular flexibility index (Phi) is 5.09. The van der Waals surface area contributed by atoms with E-state index in [1.807, 2.05) is 17.5 Å². The standard InChI is InChI=1S/C14H12N2O3S2/c1-2-19-14(18)12-9(10-4-3-7-20-10)8-21-13(12)16-11(17)5-6-15/h3-4,7-8H,2,5H2,1H3,(H,16,17). The zero-order valence-corrected chi connectivity index (χ0v) is 12.8. The maximum atomic E-state index is 12.2. The summed E-state index contributed by atoms with van der Waals surface area (Å²) in [7, 11) is 0. The van der Waals surface area contributed by atoms with E-state index >= 15 is 0 Å². The Morgan fingerprint density at radius 1 is 1.43 bits per heavy atom. The summed E-state index contributed by atoms with van der Waals surface area (Å²) in [6.45, 7) is 1.98. The molecule has 2 aromatic rings. The van der Waals surface area contributed by atoms with Gasteiger partial charge < -0.3 is 10.1 Å². The van der Waals surface area contributed by atoms with Crippen LogP contribution in [0.15, 0.2) is 22.9 Å². The highest BCUT2D eigenvalue weighted by atomic mass is 32.1. The molecule has 1 N–H and O–H groups in total. The lowest BCUT2D eigenvalue weighted by molar-refractivity contribution is -0.115. The third-order valence-corrected chi connectivity index (χ3v) is 4.35. The molecule has 108 valence electrons. The molecule has 0 atom stereocenters. The van der Waals surface area contributed by atoms with Gasteiger partial charge in [0.15, 0.2) is 0 Å². The molecule has 0 aliphatic carbocycles. The van der Waals surface area contributed by atoms with Crippen LogP contribution in [0.1, 0.15) is 23.7 Å². The highest BCUT2D eigenvalue weighted by Gasteiger charge is 2.23. The van der Waals surface area contributed by atoms with Gasteiger partial charge in [-0.15, -0.1) is 22.7 Å². The second kappa shape index (κ2) is 7.02. The molecule has 0 bridgehead atoms. The number of carbonyl (C=O) groups excluding carboxylic acids is 2. The molecule has 2 rings (SSSR count). The van der Waals surface area contributed by atoms with Crippen LogP contribution in [0, 0.1) is 11.3 Å². The quantitative estimate of drug-likeness (QED) is 0.855. The van der Waals surface area contributed by atoms with E-state index in [4.69, 9.17) is 10.00 Å². The van der Waals surface area contributed by atoms with E-state index in [9.17, 15) is 9.59 Å². The molecule has 0 fully saturated rings. The zero-order valence-electron chi connectivity index (χ0n) is 11.2. The summed E-state index contributed by atoms with van der Waals surface area (Å²) in [5.74, 6) is -0.919. The summed E-state index contributed by atoms with van der Waals surface area (Å²) in [6.07, 6.45) is -0.255. The Morgan fingerprint density at radius 2 is 2.24 bits per heavy atom. The third-order valence-electron chi connectivity index (χ3n) is 2.55. The molecule has 7 heteroatoms. The van der Waals surface area contributed by atoms with E-state index in [-0.39, 0.29) is 13.0 Å². The van der Waals surface area contributed by atoms with Crippen LogP contribution in [0.5, 0.6) is 0 Å². The first-order valence-electron chi connectivity index (χ1n) is 6.16. The average molecular weight is 320 g/mol. The van der Waals surface area contributed by atoms with Crippen molar-refractivity contribution in [3.05, 3.63) is 28.5 Å². The van der Waals surface area contributed by atoms with Crippen molar-refractivity contribution in [2.45, 2.75) is 13.3 Å². The van der Waals surface area contributed by atoms with Gasteiger partial charge in [0.1, 0.15) is 17.0 Å². The van der Waals surface area contributed by atoms with E-state index < -0.39 is 11.9 Å². The molecular weight excluding hydrogens is 308 g/mol. The number of nitrogens with zero attached hydrogens (tertiary/aromatic N) is 1. The van der Waals surface area contributed by atoms with Gasteiger partial charge in [0.05, 0.1) is 12.7 Å². The summed E-state index contributed by atoms with van der Waals surface area (Å²) in [5.41, 5.74) is 1.08. The molecule has 2 heterocycles. The van der Waals surface area contributed by atoms with Crippen LogP contribution in [0.4, 0.5) is 5.00 Å². The van der Waals surface area contributed by atoms with Gasteiger partial charge in [0.25, 0.3) is 0 Å². The number of nitrogens with one attached hydrogen (secondary N) is 1. The van der Waals surface area contributed by atoms with Crippen molar-refractivity contribution in [1.82, 2.24) is 0 Å². The number of amides is 1. The summed E-state index contributed by atoms with van der Waals surface area (Å²) < 4.78 is 5.06. The molecule has 21 heavy (non-hydrogen) atoms. The molecule has 2 aromatic heterocycles. The fourth-order valence-electron chi connectivity index (χ4n) is 1.71. The first-order chi connectivity index (χ1) is 10.2. The third kappa shape index (κ3) is 3.48. The van der Waals surface area contributed by atoms with E-state index in [1.54, 1.807) is 18.4 Å². The van der Waals surface area contributed by atoms with Crippen molar-refractivity contribution in [3.8, 4) is 16.5 Å². The fourth-order valence-corrected chi connectivity index (χ4v) is 3.50. The van der Waals surface area contributed by atoms with Crippen molar-refractivity contribution in [2.75, 3.05) is 11.9 Å². The maximum Gasteiger partial charge on any atom is 0.341 e. The Hall–Kier alpha value is -2.17. The van der Waals surface area contributed by atoms with Gasteiger partial charge in [0, 0.05) is 15.8 Å². The first-order valence-corrected chi connectivity index (χ1v) is 7.92. The molecule has 0 saturated heterocycles. The Labute approximate surface area is 129 Å². The number of anilines is 1. The van der Waals surface area contributed by atoms with Crippen molar-refractivity contribution >= 4 is 39.6 Å². The SMILES string of the molecule is CCOC(=O)c1c(-c2cccs2)csc1NC(=O)CC#N. The molecular formula is C14H12N2O3S2. The highest BCUT2D eigenvalue weighted by molar-refractivity contribution is 7.17. The van der Waals surface area contributed by atoms with Crippen LogP contribution in [0.3, 0.4) is 0 Å². The van der Waals surface area contributed by atoms with Crippen LogP contribution < -0.4 is 5.32 Å². The molecule has 0 radical (unpaired) electrons. The summed E-state index contributed by atoms with van der Waals surface area (Å²) >= 11 is 2.75. The Bertz CT molecular complexity index is 684.